The van der Waals surface area contributed by atoms with Crippen LogP contribution >= 0.6 is 0 Å². The van der Waals surface area contributed by atoms with Crippen LogP contribution in [0.4, 0.5) is 10.2 Å². The number of anilines is 1. The van der Waals surface area contributed by atoms with Crippen molar-refractivity contribution in [2.75, 3.05) is 25.5 Å². The van der Waals surface area contributed by atoms with Crippen molar-refractivity contribution in [2.24, 2.45) is 4.99 Å². The van der Waals surface area contributed by atoms with Crippen LogP contribution in [-0.2, 0) is 9.63 Å². The maximum atomic E-state index is 12.7. The molecule has 1 spiro atoms. The first kappa shape index (κ1) is 21.8. The van der Waals surface area contributed by atoms with Gasteiger partial charge in [0, 0.05) is 35.9 Å². The Morgan fingerprint density at radius 3 is 2.56 bits per heavy atom. The number of amidine groups is 1. The number of hydroxylamine groups is 2. The topological polar surface area (TPSA) is 75.2 Å². The molecule has 2 N–H and O–H groups in total. The highest BCUT2D eigenvalue weighted by molar-refractivity contribution is 6.15. The van der Waals surface area contributed by atoms with Crippen LogP contribution in [0.5, 0.6) is 5.75 Å². The molecular formula is C24H27FN4O3. The molecule has 1 fully saturated rings. The summed E-state index contributed by atoms with van der Waals surface area (Å²) in [7, 11) is 1.91. The van der Waals surface area contributed by atoms with E-state index >= 15 is 0 Å². The number of hydrogen-bond donors (Lipinski definition) is 2. The number of benzene rings is 2. The van der Waals surface area contributed by atoms with Crippen LogP contribution in [0.25, 0.3) is 6.08 Å². The Hall–Kier alpha value is -3.39. The van der Waals surface area contributed by atoms with Crippen molar-refractivity contribution in [3.8, 4) is 5.75 Å². The number of carbonyl (C=O) groups excluding carboxylic acids is 1. The average Bonchev–Trinajstić information content (AvgIpc) is 3.12. The van der Waals surface area contributed by atoms with E-state index in [0.717, 1.165) is 11.3 Å². The molecule has 8 heteroatoms. The Morgan fingerprint density at radius 1 is 1.19 bits per heavy atom. The minimum atomic E-state index is -0.818. The smallest absolute Gasteiger partial charge is 0.253 e. The van der Waals surface area contributed by atoms with E-state index < -0.39 is 5.54 Å². The number of halogens is 1. The molecule has 1 saturated heterocycles. The third-order valence-corrected chi connectivity index (χ3v) is 6.05. The SMILES string of the molecule is CNc1cc(C)c(/C=C/ON2CCC3(CC2)N=C(c2cccc(OF)c2)NC3=O)c(C)c1. The summed E-state index contributed by atoms with van der Waals surface area (Å²) in [4.78, 5) is 27.0. The lowest BCUT2D eigenvalue weighted by molar-refractivity contribution is -0.139. The molecule has 0 unspecified atom stereocenters. The Bertz CT molecular complexity index is 1050. The molecule has 0 saturated carbocycles. The Balaban J connectivity index is 1.39. The highest BCUT2D eigenvalue weighted by atomic mass is 19.3. The average molecular weight is 439 g/mol. The highest BCUT2D eigenvalue weighted by Crippen LogP contribution is 2.32. The largest absolute Gasteiger partial charge is 0.414 e. The second-order valence-electron chi connectivity index (χ2n) is 8.16. The lowest BCUT2D eigenvalue weighted by Gasteiger charge is -2.33. The van der Waals surface area contributed by atoms with Gasteiger partial charge in [-0.25, -0.2) is 0 Å². The lowest BCUT2D eigenvalue weighted by Crippen LogP contribution is -2.48. The van der Waals surface area contributed by atoms with E-state index in [1.54, 1.807) is 18.4 Å². The second kappa shape index (κ2) is 9.00. The zero-order valence-corrected chi connectivity index (χ0v) is 18.4. The molecule has 2 aromatic rings. The van der Waals surface area contributed by atoms with E-state index in [0.29, 0.717) is 37.3 Å². The quantitative estimate of drug-likeness (QED) is 0.669. The molecule has 2 heterocycles. The van der Waals surface area contributed by atoms with Gasteiger partial charge in [0.2, 0.25) is 0 Å². The van der Waals surface area contributed by atoms with Gasteiger partial charge in [0.05, 0.1) is 0 Å². The number of aryl methyl sites for hydroxylation is 2. The van der Waals surface area contributed by atoms with E-state index in [1.807, 2.05) is 18.2 Å². The van der Waals surface area contributed by atoms with Gasteiger partial charge in [0.25, 0.3) is 5.91 Å². The monoisotopic (exact) mass is 438 g/mol. The van der Waals surface area contributed by atoms with E-state index in [-0.39, 0.29) is 11.7 Å². The summed E-state index contributed by atoms with van der Waals surface area (Å²) in [6.07, 6.45) is 4.72. The van der Waals surface area contributed by atoms with Crippen LogP contribution in [0.2, 0.25) is 0 Å². The third kappa shape index (κ3) is 4.31. The van der Waals surface area contributed by atoms with Gasteiger partial charge in [0.1, 0.15) is 17.6 Å². The van der Waals surface area contributed by atoms with Crippen molar-refractivity contribution in [3.63, 3.8) is 0 Å². The Labute approximate surface area is 186 Å². The lowest BCUT2D eigenvalue weighted by atomic mass is 9.89. The molecule has 2 aliphatic rings. The predicted octanol–water partition coefficient (Wildman–Crippen LogP) is 3.92. The maximum Gasteiger partial charge on any atom is 0.253 e. The van der Waals surface area contributed by atoms with Crippen LogP contribution in [0.15, 0.2) is 47.7 Å². The number of rotatable bonds is 6. The number of hydrogen-bond acceptors (Lipinski definition) is 6. The number of piperidine rings is 1. The number of carbonyl (C=O) groups is 1. The molecular weight excluding hydrogens is 411 g/mol. The van der Waals surface area contributed by atoms with E-state index in [9.17, 15) is 9.32 Å². The minimum absolute atomic E-state index is 0.0708. The number of aliphatic imine (C=N–C) groups is 1. The normalized spacial score (nSPS) is 18.0. The van der Waals surface area contributed by atoms with E-state index in [4.69, 9.17) is 4.84 Å². The van der Waals surface area contributed by atoms with Gasteiger partial charge in [-0.2, -0.15) is 0 Å². The zero-order chi connectivity index (χ0) is 22.7. The molecule has 2 aromatic carbocycles. The second-order valence-corrected chi connectivity index (χ2v) is 8.16. The van der Waals surface area contributed by atoms with Crippen LogP contribution in [0.1, 0.15) is 35.1 Å². The molecule has 2 aliphatic heterocycles. The Morgan fingerprint density at radius 2 is 1.91 bits per heavy atom. The van der Waals surface area contributed by atoms with Gasteiger partial charge in [-0.3, -0.25) is 14.7 Å². The molecule has 32 heavy (non-hydrogen) atoms. The molecule has 0 atom stereocenters. The standard InChI is InChI=1S/C24H27FN4O3/c1-16-13-19(26-3)14-17(2)21(16)7-12-31-29-10-8-24(9-11-29)23(30)27-22(28-24)18-5-4-6-20(15-18)32-25/h4-7,12-15,26H,8-11H2,1-3H3,(H,27,28,30)/b12-7+. The molecule has 168 valence electrons. The van der Waals surface area contributed by atoms with Crippen molar-refractivity contribution in [3.05, 3.63) is 64.9 Å². The molecule has 0 bridgehead atoms. The summed E-state index contributed by atoms with van der Waals surface area (Å²) in [5, 5.41) is 7.84. The Kier molecular flexibility index (Phi) is 6.14. The van der Waals surface area contributed by atoms with Crippen molar-refractivity contribution in [1.29, 1.82) is 0 Å². The van der Waals surface area contributed by atoms with Crippen molar-refractivity contribution in [1.82, 2.24) is 10.4 Å². The molecule has 0 radical (unpaired) electrons. The van der Waals surface area contributed by atoms with Gasteiger partial charge < -0.3 is 15.5 Å². The number of nitrogens with zero attached hydrogens (tertiary/aromatic N) is 2. The fourth-order valence-electron chi connectivity index (χ4n) is 4.21. The first-order valence-corrected chi connectivity index (χ1v) is 10.6. The molecule has 0 aliphatic carbocycles. The van der Waals surface area contributed by atoms with Gasteiger partial charge in [0.15, 0.2) is 5.75 Å². The fourth-order valence-corrected chi connectivity index (χ4v) is 4.21. The first-order chi connectivity index (χ1) is 15.4. The summed E-state index contributed by atoms with van der Waals surface area (Å²) >= 11 is 0. The maximum absolute atomic E-state index is 12.7. The third-order valence-electron chi connectivity index (χ3n) is 6.05. The van der Waals surface area contributed by atoms with Gasteiger partial charge >= 0.3 is 0 Å². The molecule has 0 aromatic heterocycles. The predicted molar refractivity (Wildman–Crippen MR) is 122 cm³/mol. The fraction of sp³-hybridized carbons (Fsp3) is 0.333. The summed E-state index contributed by atoms with van der Waals surface area (Å²) in [6.45, 7) is 5.28. The van der Waals surface area contributed by atoms with Crippen LogP contribution < -0.4 is 15.6 Å². The van der Waals surface area contributed by atoms with Crippen LogP contribution in [0.3, 0.4) is 0 Å². The van der Waals surface area contributed by atoms with Crippen molar-refractivity contribution in [2.45, 2.75) is 32.2 Å². The summed E-state index contributed by atoms with van der Waals surface area (Å²) in [5.74, 6) is 0.380. The number of amides is 1. The first-order valence-electron chi connectivity index (χ1n) is 10.6. The van der Waals surface area contributed by atoms with Gasteiger partial charge in [-0.1, -0.05) is 12.1 Å². The summed E-state index contributed by atoms with van der Waals surface area (Å²) in [6, 6.07) is 10.6. The zero-order valence-electron chi connectivity index (χ0n) is 18.4. The van der Waals surface area contributed by atoms with Crippen molar-refractivity contribution < 1.29 is 19.1 Å². The van der Waals surface area contributed by atoms with Crippen molar-refractivity contribution >= 4 is 23.5 Å². The molecule has 4 rings (SSSR count). The minimum Gasteiger partial charge on any atom is -0.414 e. The van der Waals surface area contributed by atoms with Gasteiger partial charge in [-0.05, 0) is 73.7 Å². The summed E-state index contributed by atoms with van der Waals surface area (Å²) < 4.78 is 12.5. The van der Waals surface area contributed by atoms with E-state index in [1.165, 1.54) is 23.3 Å². The van der Waals surface area contributed by atoms with E-state index in [2.05, 4.69) is 46.5 Å². The van der Waals surface area contributed by atoms with Gasteiger partial charge in [-0.15, -0.1) is 5.06 Å². The number of nitrogens with one attached hydrogen (secondary N) is 2. The highest BCUT2D eigenvalue weighted by Gasteiger charge is 2.46. The van der Waals surface area contributed by atoms with Crippen LogP contribution in [0, 0.1) is 13.8 Å². The van der Waals surface area contributed by atoms with Crippen LogP contribution in [-0.4, -0.2) is 42.5 Å². The summed E-state index contributed by atoms with van der Waals surface area (Å²) in [5.41, 5.74) is 4.33. The molecule has 1 amide bonds. The molecule has 7 nitrogen and oxygen atoms in total.